The molecule has 0 radical (unpaired) electrons. The molecule has 5 heteroatoms. The maximum Gasteiger partial charge on any atom is 0.245 e. The highest BCUT2D eigenvalue weighted by Crippen LogP contribution is 2.29. The van der Waals surface area contributed by atoms with Crippen LogP contribution in [0.4, 0.5) is 0 Å². The fourth-order valence-corrected chi connectivity index (χ4v) is 4.25. The number of benzene rings is 4. The number of hydrogen-bond donors (Lipinski definition) is 0. The number of nitrogens with zero attached hydrogens (tertiary/aromatic N) is 5. The first-order chi connectivity index (χ1) is 14.8. The van der Waals surface area contributed by atoms with Crippen LogP contribution in [0.25, 0.3) is 32.6 Å². The van der Waals surface area contributed by atoms with E-state index in [0.717, 1.165) is 17.6 Å². The average Bonchev–Trinajstić information content (AvgIpc) is 3.41. The van der Waals surface area contributed by atoms with Crippen molar-refractivity contribution in [2.75, 3.05) is 0 Å². The second-order valence-corrected chi connectivity index (χ2v) is 7.62. The molecule has 2 aromatic heterocycles. The Morgan fingerprint density at radius 3 is 2.30 bits per heavy atom. The smallest absolute Gasteiger partial charge is 0.233 e. The molecular weight excluding hydrogens is 370 g/mol. The number of hydrogen-bond acceptors (Lipinski definition) is 2. The van der Waals surface area contributed by atoms with Crippen LogP contribution in [-0.4, -0.2) is 19.6 Å². The van der Waals surface area contributed by atoms with Crippen LogP contribution in [0.3, 0.4) is 0 Å². The number of fused-ring (bicyclic) bond motifs is 3. The van der Waals surface area contributed by atoms with Crippen LogP contribution in [0.1, 0.15) is 5.56 Å². The van der Waals surface area contributed by atoms with Crippen molar-refractivity contribution < 1.29 is 4.57 Å². The molecule has 0 aliphatic rings. The van der Waals surface area contributed by atoms with Gasteiger partial charge in [0.2, 0.25) is 6.33 Å². The van der Waals surface area contributed by atoms with Gasteiger partial charge in [-0.05, 0) is 39.7 Å². The van der Waals surface area contributed by atoms with Gasteiger partial charge in [0.25, 0.3) is 0 Å². The topological polar surface area (TPSA) is 39.5 Å². The lowest BCUT2D eigenvalue weighted by molar-refractivity contribution is -0.701. The molecule has 144 valence electrons. The van der Waals surface area contributed by atoms with Gasteiger partial charge in [-0.2, -0.15) is 0 Å². The van der Waals surface area contributed by atoms with E-state index in [1.54, 1.807) is 0 Å². The third-order valence-electron chi connectivity index (χ3n) is 5.69. The third-order valence-corrected chi connectivity index (χ3v) is 5.69. The van der Waals surface area contributed by atoms with Crippen LogP contribution >= 0.6 is 0 Å². The summed E-state index contributed by atoms with van der Waals surface area (Å²) in [7, 11) is 0. The molecule has 0 N–H and O–H groups in total. The number of imidazole rings is 1. The molecule has 30 heavy (non-hydrogen) atoms. The molecule has 0 saturated carbocycles. The maximum atomic E-state index is 4.30. The summed E-state index contributed by atoms with van der Waals surface area (Å²) < 4.78 is 6.29. The minimum atomic E-state index is 0.629. The summed E-state index contributed by atoms with van der Waals surface area (Å²) >= 11 is 0. The number of para-hydroxylation sites is 1. The fraction of sp³-hybridized carbons (Fsp3) is 0.0800. The van der Waals surface area contributed by atoms with Gasteiger partial charge in [-0.25, -0.2) is 13.8 Å². The summed E-state index contributed by atoms with van der Waals surface area (Å²) in [5.41, 5.74) is 3.30. The summed E-state index contributed by atoms with van der Waals surface area (Å²) in [6, 6.07) is 27.6. The standard InChI is InChI=1S/C25H20N5/c1-3-9-21-19(7-1)15-20-8-2-4-10-22(20)23(21)16-28-13-14-29(17-28)18-30-25-12-6-5-11-24(25)26-27-30/h1-15,17H,16,18H2/q+1. The van der Waals surface area contributed by atoms with Crippen LogP contribution in [-0.2, 0) is 13.2 Å². The van der Waals surface area contributed by atoms with Crippen molar-refractivity contribution in [1.82, 2.24) is 19.6 Å². The second-order valence-electron chi connectivity index (χ2n) is 7.62. The molecule has 0 unspecified atom stereocenters. The first-order valence-corrected chi connectivity index (χ1v) is 10.1. The first kappa shape index (κ1) is 16.9. The van der Waals surface area contributed by atoms with Gasteiger partial charge in [-0.3, -0.25) is 0 Å². The summed E-state index contributed by atoms with van der Waals surface area (Å²) in [4.78, 5) is 0. The molecule has 4 aromatic carbocycles. The Morgan fingerprint density at radius 1 is 0.800 bits per heavy atom. The van der Waals surface area contributed by atoms with E-state index in [9.17, 15) is 0 Å². The Kier molecular flexibility index (Phi) is 3.84. The molecule has 6 rings (SSSR count). The van der Waals surface area contributed by atoms with Gasteiger partial charge in [0.15, 0.2) is 6.67 Å². The van der Waals surface area contributed by atoms with E-state index in [1.807, 2.05) is 22.9 Å². The summed E-state index contributed by atoms with van der Waals surface area (Å²) in [6.07, 6.45) is 6.34. The highest BCUT2D eigenvalue weighted by Gasteiger charge is 2.13. The quantitative estimate of drug-likeness (QED) is 0.331. The van der Waals surface area contributed by atoms with E-state index >= 15 is 0 Å². The number of aromatic nitrogens is 5. The Bertz CT molecular complexity index is 1450. The molecule has 0 aliphatic heterocycles. The van der Waals surface area contributed by atoms with Gasteiger partial charge in [0, 0.05) is 5.56 Å². The summed E-state index contributed by atoms with van der Waals surface area (Å²) in [6.45, 7) is 1.44. The van der Waals surface area contributed by atoms with Crippen molar-refractivity contribution in [3.63, 3.8) is 0 Å². The Morgan fingerprint density at radius 2 is 1.50 bits per heavy atom. The van der Waals surface area contributed by atoms with Crippen molar-refractivity contribution in [2.45, 2.75) is 13.2 Å². The molecule has 0 fully saturated rings. The normalized spacial score (nSPS) is 11.6. The Labute approximate surface area is 173 Å². The molecule has 0 aliphatic carbocycles. The minimum absolute atomic E-state index is 0.629. The SMILES string of the molecule is c1ccc2c(Cn3cc[n+](Cn4nnc5ccccc54)c3)c3ccccc3cc2c1. The summed E-state index contributed by atoms with van der Waals surface area (Å²) in [5.74, 6) is 0. The lowest BCUT2D eigenvalue weighted by atomic mass is 9.97. The van der Waals surface area contributed by atoms with Crippen LogP contribution in [0.2, 0.25) is 0 Å². The van der Waals surface area contributed by atoms with Crippen molar-refractivity contribution in [3.8, 4) is 0 Å². The van der Waals surface area contributed by atoms with Crippen LogP contribution in [0.15, 0.2) is 97.6 Å². The molecule has 0 spiro atoms. The summed E-state index contributed by atoms with van der Waals surface area (Å²) in [5, 5.41) is 13.7. The van der Waals surface area contributed by atoms with Crippen molar-refractivity contribution >= 4 is 32.6 Å². The minimum Gasteiger partial charge on any atom is -0.233 e. The monoisotopic (exact) mass is 390 g/mol. The number of rotatable bonds is 4. The van der Waals surface area contributed by atoms with Crippen molar-refractivity contribution in [3.05, 3.63) is 103 Å². The molecule has 0 amide bonds. The van der Waals surface area contributed by atoms with Gasteiger partial charge in [-0.1, -0.05) is 65.9 Å². The van der Waals surface area contributed by atoms with E-state index in [2.05, 4.69) is 98.8 Å². The van der Waals surface area contributed by atoms with E-state index < -0.39 is 0 Å². The molecular formula is C25H20N5+. The molecule has 2 heterocycles. The van der Waals surface area contributed by atoms with E-state index in [1.165, 1.54) is 27.1 Å². The van der Waals surface area contributed by atoms with Crippen LogP contribution < -0.4 is 4.57 Å². The predicted molar refractivity (Wildman–Crippen MR) is 118 cm³/mol. The first-order valence-electron chi connectivity index (χ1n) is 10.1. The Balaban J connectivity index is 1.38. The molecule has 6 aromatic rings. The fourth-order valence-electron chi connectivity index (χ4n) is 4.25. The second kappa shape index (κ2) is 6.81. The molecule has 0 bridgehead atoms. The zero-order chi connectivity index (χ0) is 19.9. The van der Waals surface area contributed by atoms with Crippen LogP contribution in [0, 0.1) is 0 Å². The van der Waals surface area contributed by atoms with E-state index in [0.29, 0.717) is 6.67 Å². The zero-order valence-corrected chi connectivity index (χ0v) is 16.4. The average molecular weight is 390 g/mol. The zero-order valence-electron chi connectivity index (χ0n) is 16.4. The third kappa shape index (κ3) is 2.83. The van der Waals surface area contributed by atoms with Gasteiger partial charge in [0.1, 0.15) is 24.5 Å². The highest BCUT2D eigenvalue weighted by atomic mass is 15.5. The lowest BCUT2D eigenvalue weighted by Crippen LogP contribution is -2.35. The molecule has 5 nitrogen and oxygen atoms in total. The van der Waals surface area contributed by atoms with Gasteiger partial charge < -0.3 is 0 Å². The highest BCUT2D eigenvalue weighted by molar-refractivity contribution is 6.02. The van der Waals surface area contributed by atoms with Crippen molar-refractivity contribution in [2.24, 2.45) is 0 Å². The molecule has 0 saturated heterocycles. The van der Waals surface area contributed by atoms with E-state index in [-0.39, 0.29) is 0 Å². The van der Waals surface area contributed by atoms with Crippen molar-refractivity contribution in [1.29, 1.82) is 0 Å². The maximum absolute atomic E-state index is 4.30. The van der Waals surface area contributed by atoms with Crippen LogP contribution in [0.5, 0.6) is 0 Å². The van der Waals surface area contributed by atoms with Gasteiger partial charge in [-0.15, -0.1) is 5.10 Å². The van der Waals surface area contributed by atoms with Gasteiger partial charge in [0.05, 0.1) is 5.52 Å². The van der Waals surface area contributed by atoms with Gasteiger partial charge >= 0.3 is 0 Å². The van der Waals surface area contributed by atoms with E-state index in [4.69, 9.17) is 0 Å². The predicted octanol–water partition coefficient (Wildman–Crippen LogP) is 4.38. The molecule has 0 atom stereocenters. The Hall–Kier alpha value is -3.99. The largest absolute Gasteiger partial charge is 0.245 e. The lowest BCUT2D eigenvalue weighted by Gasteiger charge is -2.10.